The number of anilines is 1. The lowest BCUT2D eigenvalue weighted by Gasteiger charge is -2.29. The number of hydrogen-bond acceptors (Lipinski definition) is 8. The molecule has 0 radical (unpaired) electrons. The van der Waals surface area contributed by atoms with Gasteiger partial charge in [0, 0.05) is 25.2 Å². The van der Waals surface area contributed by atoms with Crippen molar-refractivity contribution in [1.29, 1.82) is 0 Å². The van der Waals surface area contributed by atoms with Crippen molar-refractivity contribution in [1.82, 2.24) is 19.7 Å². The number of non-ortho nitro benzene ring substituents is 1. The minimum absolute atomic E-state index is 0.0362. The van der Waals surface area contributed by atoms with Crippen LogP contribution in [0.25, 0.3) is 11.0 Å². The Morgan fingerprint density at radius 3 is 2.96 bits per heavy atom. The lowest BCUT2D eigenvalue weighted by Crippen LogP contribution is -2.31. The molecule has 10 heteroatoms. The van der Waals surface area contributed by atoms with E-state index in [2.05, 4.69) is 19.8 Å². The zero-order chi connectivity index (χ0) is 19.0. The van der Waals surface area contributed by atoms with Crippen LogP contribution in [0.4, 0.5) is 11.5 Å². The summed E-state index contributed by atoms with van der Waals surface area (Å²) >= 11 is 0. The van der Waals surface area contributed by atoms with Gasteiger partial charge in [-0.15, -0.1) is 0 Å². The fourth-order valence-electron chi connectivity index (χ4n) is 3.27. The highest BCUT2D eigenvalue weighted by Gasteiger charge is 2.23. The summed E-state index contributed by atoms with van der Waals surface area (Å²) in [5, 5.41) is 16.0. The third-order valence-electron chi connectivity index (χ3n) is 4.63. The van der Waals surface area contributed by atoms with Gasteiger partial charge in [0.25, 0.3) is 5.69 Å². The summed E-state index contributed by atoms with van der Waals surface area (Å²) in [6.07, 6.45) is 3.81. The number of nitro benzene ring substituents is 1. The highest BCUT2D eigenvalue weighted by atomic mass is 16.6. The van der Waals surface area contributed by atoms with E-state index in [1.54, 1.807) is 12.3 Å². The van der Waals surface area contributed by atoms with E-state index in [0.29, 0.717) is 18.0 Å². The van der Waals surface area contributed by atoms with Crippen LogP contribution in [0, 0.1) is 10.1 Å². The number of carbonyl (C=O) groups is 1. The highest BCUT2D eigenvalue weighted by molar-refractivity contribution is 5.87. The number of aromatic nitrogens is 4. The van der Waals surface area contributed by atoms with Gasteiger partial charge in [0.05, 0.1) is 23.6 Å². The number of esters is 1. The number of rotatable bonds is 4. The quantitative estimate of drug-likeness (QED) is 0.386. The highest BCUT2D eigenvalue weighted by Crippen LogP contribution is 2.29. The van der Waals surface area contributed by atoms with Crippen LogP contribution in [-0.2, 0) is 29.0 Å². The topological polar surface area (TPSA) is 116 Å². The molecule has 0 fully saturated rings. The second-order valence-corrected chi connectivity index (χ2v) is 6.19. The van der Waals surface area contributed by atoms with Gasteiger partial charge in [-0.3, -0.25) is 14.9 Å². The summed E-state index contributed by atoms with van der Waals surface area (Å²) in [5.41, 5.74) is 2.62. The molecular formula is C17H16N6O4. The standard InChI is InChI=1S/C17H16N6O4/c1-27-15(24)9-22-17-14(7-20-22)16(18-10-19-17)21-5-4-11-2-3-13(23(25)26)6-12(11)8-21/h2-3,6-7,10H,4-5,8-9H2,1H3. The van der Waals surface area contributed by atoms with Crippen LogP contribution in [-0.4, -0.2) is 44.3 Å². The van der Waals surface area contributed by atoms with E-state index in [4.69, 9.17) is 0 Å². The van der Waals surface area contributed by atoms with E-state index in [0.717, 1.165) is 29.5 Å². The largest absolute Gasteiger partial charge is 0.468 e. The predicted octanol–water partition coefficient (Wildman–Crippen LogP) is 1.47. The van der Waals surface area contributed by atoms with Crippen molar-refractivity contribution in [3.8, 4) is 0 Å². The zero-order valence-electron chi connectivity index (χ0n) is 14.5. The summed E-state index contributed by atoms with van der Waals surface area (Å²) in [7, 11) is 1.32. The summed E-state index contributed by atoms with van der Waals surface area (Å²) in [4.78, 5) is 32.9. The minimum atomic E-state index is -0.417. The maximum absolute atomic E-state index is 11.5. The van der Waals surface area contributed by atoms with E-state index in [1.165, 1.54) is 24.2 Å². The minimum Gasteiger partial charge on any atom is -0.468 e. The lowest BCUT2D eigenvalue weighted by atomic mass is 9.99. The molecule has 0 aliphatic carbocycles. The van der Waals surface area contributed by atoms with Crippen molar-refractivity contribution >= 4 is 28.5 Å². The number of nitrogens with zero attached hydrogens (tertiary/aromatic N) is 6. The second kappa shape index (κ2) is 6.63. The maximum atomic E-state index is 11.5. The monoisotopic (exact) mass is 368 g/mol. The average Bonchev–Trinajstić information content (AvgIpc) is 3.09. The molecule has 0 bridgehead atoms. The number of methoxy groups -OCH3 is 1. The molecule has 0 N–H and O–H groups in total. The van der Waals surface area contributed by atoms with E-state index < -0.39 is 5.97 Å². The summed E-state index contributed by atoms with van der Waals surface area (Å²) in [6, 6.07) is 4.96. The van der Waals surface area contributed by atoms with E-state index >= 15 is 0 Å². The van der Waals surface area contributed by atoms with Gasteiger partial charge in [0.1, 0.15) is 18.7 Å². The first kappa shape index (κ1) is 16.9. The number of carbonyl (C=O) groups excluding carboxylic acids is 1. The summed E-state index contributed by atoms with van der Waals surface area (Å²) in [6.45, 7) is 1.19. The molecule has 1 aliphatic heterocycles. The lowest BCUT2D eigenvalue weighted by molar-refractivity contribution is -0.384. The average molecular weight is 368 g/mol. The zero-order valence-corrected chi connectivity index (χ0v) is 14.5. The molecule has 1 aliphatic rings. The Morgan fingerprint density at radius 2 is 2.19 bits per heavy atom. The van der Waals surface area contributed by atoms with Crippen LogP contribution in [0.1, 0.15) is 11.1 Å². The van der Waals surface area contributed by atoms with Crippen molar-refractivity contribution in [2.24, 2.45) is 0 Å². The number of hydrogen-bond donors (Lipinski definition) is 0. The number of ether oxygens (including phenoxy) is 1. The third-order valence-corrected chi connectivity index (χ3v) is 4.63. The van der Waals surface area contributed by atoms with Crippen molar-refractivity contribution in [3.63, 3.8) is 0 Å². The van der Waals surface area contributed by atoms with Gasteiger partial charge in [0.2, 0.25) is 0 Å². The number of fused-ring (bicyclic) bond motifs is 2. The Labute approximate surface area is 153 Å². The Bertz CT molecular complexity index is 1050. The molecule has 0 spiro atoms. The number of benzene rings is 1. The molecule has 0 amide bonds. The van der Waals surface area contributed by atoms with Crippen LogP contribution >= 0.6 is 0 Å². The normalized spacial score (nSPS) is 13.4. The first-order valence-electron chi connectivity index (χ1n) is 8.31. The molecule has 0 saturated heterocycles. The smallest absolute Gasteiger partial charge is 0.327 e. The predicted molar refractivity (Wildman–Crippen MR) is 95.2 cm³/mol. The van der Waals surface area contributed by atoms with Gasteiger partial charge in [0.15, 0.2) is 5.65 Å². The van der Waals surface area contributed by atoms with Crippen molar-refractivity contribution in [3.05, 3.63) is 52.0 Å². The van der Waals surface area contributed by atoms with Gasteiger partial charge < -0.3 is 9.64 Å². The summed E-state index contributed by atoms with van der Waals surface area (Å²) in [5.74, 6) is 0.271. The van der Waals surface area contributed by atoms with Crippen LogP contribution < -0.4 is 4.90 Å². The van der Waals surface area contributed by atoms with Gasteiger partial charge >= 0.3 is 5.97 Å². The molecule has 3 aromatic rings. The van der Waals surface area contributed by atoms with Crippen molar-refractivity contribution < 1.29 is 14.5 Å². The molecule has 3 heterocycles. The molecule has 1 aromatic carbocycles. The van der Waals surface area contributed by atoms with Crippen LogP contribution in [0.5, 0.6) is 0 Å². The first-order valence-corrected chi connectivity index (χ1v) is 8.31. The Balaban J connectivity index is 1.68. The SMILES string of the molecule is COC(=O)Cn1ncc2c(N3CCc4ccc([N+](=O)[O-])cc4C3)ncnc21. The van der Waals surface area contributed by atoms with Gasteiger partial charge in [-0.2, -0.15) is 5.10 Å². The van der Waals surface area contributed by atoms with E-state index in [9.17, 15) is 14.9 Å². The summed E-state index contributed by atoms with van der Waals surface area (Å²) < 4.78 is 6.15. The Hall–Kier alpha value is -3.56. The molecule has 0 unspecified atom stereocenters. The maximum Gasteiger partial charge on any atom is 0.327 e. The first-order chi connectivity index (χ1) is 13.1. The third kappa shape index (κ3) is 3.05. The van der Waals surface area contributed by atoms with Crippen molar-refractivity contribution in [2.45, 2.75) is 19.5 Å². The molecular weight excluding hydrogens is 352 g/mol. The van der Waals surface area contributed by atoms with Gasteiger partial charge in [-0.05, 0) is 17.5 Å². The van der Waals surface area contributed by atoms with E-state index in [-0.39, 0.29) is 17.2 Å². The second-order valence-electron chi connectivity index (χ2n) is 6.19. The van der Waals surface area contributed by atoms with Crippen LogP contribution in [0.2, 0.25) is 0 Å². The van der Waals surface area contributed by atoms with Gasteiger partial charge in [-0.1, -0.05) is 6.07 Å². The molecule has 0 atom stereocenters. The molecule has 27 heavy (non-hydrogen) atoms. The Kier molecular flexibility index (Phi) is 4.15. The molecule has 10 nitrogen and oxygen atoms in total. The van der Waals surface area contributed by atoms with Crippen LogP contribution in [0.15, 0.2) is 30.7 Å². The van der Waals surface area contributed by atoms with Gasteiger partial charge in [-0.25, -0.2) is 14.6 Å². The molecule has 138 valence electrons. The van der Waals surface area contributed by atoms with Crippen molar-refractivity contribution in [2.75, 3.05) is 18.6 Å². The van der Waals surface area contributed by atoms with Crippen LogP contribution in [0.3, 0.4) is 0 Å². The molecule has 0 saturated carbocycles. The molecule has 2 aromatic heterocycles. The van der Waals surface area contributed by atoms with E-state index in [1.807, 2.05) is 11.0 Å². The fraction of sp³-hybridized carbons (Fsp3) is 0.294. The molecule has 4 rings (SSSR count). The fourth-order valence-corrected chi connectivity index (χ4v) is 3.27. The number of nitro groups is 1. The Morgan fingerprint density at radius 1 is 1.33 bits per heavy atom.